The molecule has 146 valence electrons. The predicted octanol–water partition coefficient (Wildman–Crippen LogP) is 4.80. The molecule has 1 aromatic carbocycles. The van der Waals surface area contributed by atoms with Crippen LogP contribution in [0, 0.1) is 17.5 Å². The third-order valence-electron chi connectivity index (χ3n) is 3.53. The highest BCUT2D eigenvalue weighted by atomic mass is 32.2. The van der Waals surface area contributed by atoms with Gasteiger partial charge in [0.25, 0.3) is 0 Å². The molecule has 0 radical (unpaired) electrons. The van der Waals surface area contributed by atoms with Crippen molar-refractivity contribution >= 4 is 23.6 Å². The molecule has 6 nitrogen and oxygen atoms in total. The molecule has 0 aliphatic carbocycles. The summed E-state index contributed by atoms with van der Waals surface area (Å²) in [6.07, 6.45) is 3.62. The Labute approximate surface area is 163 Å². The van der Waals surface area contributed by atoms with Crippen LogP contribution in [-0.4, -0.2) is 20.7 Å². The Hall–Kier alpha value is -3.01. The number of rotatable bonds is 7. The second-order valence-electron chi connectivity index (χ2n) is 5.57. The van der Waals surface area contributed by atoms with E-state index in [2.05, 4.69) is 19.7 Å². The molecular formula is C18H16F3N5OS. The Balaban J connectivity index is 1.95. The summed E-state index contributed by atoms with van der Waals surface area (Å²) in [5.74, 6) is -3.78. The van der Waals surface area contributed by atoms with Crippen LogP contribution in [0.2, 0.25) is 0 Å². The van der Waals surface area contributed by atoms with Crippen molar-refractivity contribution in [2.45, 2.75) is 13.3 Å². The van der Waals surface area contributed by atoms with Crippen molar-refractivity contribution < 1.29 is 17.9 Å². The Kier molecular flexibility index (Phi) is 6.19. The standard InChI is InChI=1S/C18H16F3N5OS/c1-2-8-28-26-16-11(19)9-13(14(20)15(16)21)27-17-10(4-3-6-23-17)12-5-7-24-18(22)25-12/h3-7,9,26H,2,8H2,1H3,(H2,22,24,25). The van der Waals surface area contributed by atoms with Crippen LogP contribution in [0.4, 0.5) is 24.8 Å². The van der Waals surface area contributed by atoms with Gasteiger partial charge in [0.05, 0.1) is 11.3 Å². The molecule has 2 aromatic heterocycles. The Bertz CT molecular complexity index is 989. The number of anilines is 2. The normalized spacial score (nSPS) is 10.7. The van der Waals surface area contributed by atoms with Gasteiger partial charge in [0.1, 0.15) is 5.69 Å². The molecule has 0 aliphatic rings. The fraction of sp³-hybridized carbons (Fsp3) is 0.167. The molecule has 10 heteroatoms. The van der Waals surface area contributed by atoms with Crippen molar-refractivity contribution in [2.75, 3.05) is 16.2 Å². The number of pyridine rings is 1. The SMILES string of the molecule is CCCSNc1c(F)cc(Oc2ncccc2-c2ccnc(N)n2)c(F)c1F. The first-order valence-electron chi connectivity index (χ1n) is 8.28. The van der Waals surface area contributed by atoms with E-state index in [1.54, 1.807) is 18.2 Å². The van der Waals surface area contributed by atoms with Gasteiger partial charge in [0, 0.05) is 24.2 Å². The molecule has 3 rings (SSSR count). The van der Waals surface area contributed by atoms with E-state index < -0.39 is 28.9 Å². The van der Waals surface area contributed by atoms with E-state index in [4.69, 9.17) is 10.5 Å². The summed E-state index contributed by atoms with van der Waals surface area (Å²) >= 11 is 1.08. The molecule has 2 heterocycles. The quantitative estimate of drug-likeness (QED) is 0.330. The molecule has 0 saturated heterocycles. The van der Waals surface area contributed by atoms with Crippen LogP contribution in [0.25, 0.3) is 11.3 Å². The van der Waals surface area contributed by atoms with Crippen molar-refractivity contribution in [3.63, 3.8) is 0 Å². The first-order valence-corrected chi connectivity index (χ1v) is 9.26. The summed E-state index contributed by atoms with van der Waals surface area (Å²) < 4.78 is 50.9. The lowest BCUT2D eigenvalue weighted by molar-refractivity contribution is 0.401. The maximum atomic E-state index is 14.4. The van der Waals surface area contributed by atoms with Crippen LogP contribution in [0.15, 0.2) is 36.7 Å². The molecule has 0 fully saturated rings. The lowest BCUT2D eigenvalue weighted by Crippen LogP contribution is -2.03. The van der Waals surface area contributed by atoms with Crippen LogP contribution in [0.1, 0.15) is 13.3 Å². The fourth-order valence-electron chi connectivity index (χ4n) is 2.26. The number of hydrogen-bond donors (Lipinski definition) is 2. The summed E-state index contributed by atoms with van der Waals surface area (Å²) in [6.45, 7) is 1.91. The monoisotopic (exact) mass is 407 g/mol. The van der Waals surface area contributed by atoms with Gasteiger partial charge in [-0.3, -0.25) is 0 Å². The van der Waals surface area contributed by atoms with Gasteiger partial charge in [0.15, 0.2) is 17.4 Å². The van der Waals surface area contributed by atoms with Crippen molar-refractivity contribution in [3.8, 4) is 22.9 Å². The lowest BCUT2D eigenvalue weighted by Gasteiger charge is -2.13. The van der Waals surface area contributed by atoms with E-state index in [9.17, 15) is 13.2 Å². The number of benzene rings is 1. The zero-order valence-electron chi connectivity index (χ0n) is 14.7. The molecule has 0 atom stereocenters. The summed E-state index contributed by atoms with van der Waals surface area (Å²) in [4.78, 5) is 11.9. The van der Waals surface area contributed by atoms with Gasteiger partial charge >= 0.3 is 0 Å². The van der Waals surface area contributed by atoms with Gasteiger partial charge in [-0.25, -0.2) is 23.7 Å². The zero-order valence-corrected chi connectivity index (χ0v) is 15.6. The zero-order chi connectivity index (χ0) is 20.1. The molecule has 0 amide bonds. The van der Waals surface area contributed by atoms with E-state index in [0.717, 1.165) is 24.4 Å². The van der Waals surface area contributed by atoms with Crippen LogP contribution < -0.4 is 15.2 Å². The molecule has 3 N–H and O–H groups in total. The minimum atomic E-state index is -1.37. The van der Waals surface area contributed by atoms with Crippen molar-refractivity contribution in [1.82, 2.24) is 15.0 Å². The van der Waals surface area contributed by atoms with Gasteiger partial charge in [-0.1, -0.05) is 18.9 Å². The molecule has 0 bridgehead atoms. The van der Waals surface area contributed by atoms with Crippen LogP contribution in [0.3, 0.4) is 0 Å². The highest BCUT2D eigenvalue weighted by Gasteiger charge is 2.22. The highest BCUT2D eigenvalue weighted by Crippen LogP contribution is 2.35. The van der Waals surface area contributed by atoms with Crippen LogP contribution in [0.5, 0.6) is 11.6 Å². The Morgan fingerprint density at radius 3 is 2.71 bits per heavy atom. The maximum Gasteiger partial charge on any atom is 0.228 e. The van der Waals surface area contributed by atoms with E-state index >= 15 is 0 Å². The number of aromatic nitrogens is 3. The second-order valence-corrected chi connectivity index (χ2v) is 6.47. The predicted molar refractivity (Wildman–Crippen MR) is 102 cm³/mol. The van der Waals surface area contributed by atoms with Crippen LogP contribution in [-0.2, 0) is 0 Å². The summed E-state index contributed by atoms with van der Waals surface area (Å²) in [5.41, 5.74) is 5.74. The molecular weight excluding hydrogens is 391 g/mol. The third-order valence-corrected chi connectivity index (χ3v) is 4.49. The van der Waals surface area contributed by atoms with E-state index in [1.165, 1.54) is 12.4 Å². The number of nitrogens with two attached hydrogens (primary N) is 1. The molecule has 3 aromatic rings. The molecule has 0 saturated carbocycles. The van der Waals surface area contributed by atoms with Gasteiger partial charge in [-0.05, 0) is 24.6 Å². The largest absolute Gasteiger partial charge is 0.435 e. The Morgan fingerprint density at radius 2 is 1.96 bits per heavy atom. The van der Waals surface area contributed by atoms with Gasteiger partial charge < -0.3 is 15.2 Å². The summed E-state index contributed by atoms with van der Waals surface area (Å²) in [7, 11) is 0. The molecule has 28 heavy (non-hydrogen) atoms. The topological polar surface area (TPSA) is 86.0 Å². The number of ether oxygens (including phenoxy) is 1. The lowest BCUT2D eigenvalue weighted by atomic mass is 10.2. The third kappa shape index (κ3) is 4.28. The van der Waals surface area contributed by atoms with Gasteiger partial charge in [-0.2, -0.15) is 4.39 Å². The number of nitrogen functional groups attached to an aromatic ring is 1. The van der Waals surface area contributed by atoms with Gasteiger partial charge in [0.2, 0.25) is 17.6 Å². The highest BCUT2D eigenvalue weighted by molar-refractivity contribution is 8.00. The second kappa shape index (κ2) is 8.79. The smallest absolute Gasteiger partial charge is 0.228 e. The minimum Gasteiger partial charge on any atom is -0.435 e. The number of nitrogens with one attached hydrogen (secondary N) is 1. The number of nitrogens with zero attached hydrogens (tertiary/aromatic N) is 3. The minimum absolute atomic E-state index is 0.0237. The summed E-state index contributed by atoms with van der Waals surface area (Å²) in [5, 5.41) is 0. The molecule has 0 unspecified atom stereocenters. The van der Waals surface area contributed by atoms with Crippen molar-refractivity contribution in [3.05, 3.63) is 54.1 Å². The first-order chi connectivity index (χ1) is 13.5. The van der Waals surface area contributed by atoms with E-state index in [-0.39, 0.29) is 11.8 Å². The van der Waals surface area contributed by atoms with E-state index in [0.29, 0.717) is 17.0 Å². The van der Waals surface area contributed by atoms with Crippen LogP contribution >= 0.6 is 11.9 Å². The first kappa shape index (κ1) is 19.7. The van der Waals surface area contributed by atoms with E-state index in [1.807, 2.05) is 6.92 Å². The maximum absolute atomic E-state index is 14.4. The molecule has 0 aliphatic heterocycles. The number of hydrogen-bond acceptors (Lipinski definition) is 7. The fourth-order valence-corrected chi connectivity index (χ4v) is 2.90. The van der Waals surface area contributed by atoms with Crippen molar-refractivity contribution in [1.29, 1.82) is 0 Å². The number of halogens is 3. The summed E-state index contributed by atoms with van der Waals surface area (Å²) in [6, 6.07) is 5.53. The van der Waals surface area contributed by atoms with Crippen molar-refractivity contribution in [2.24, 2.45) is 0 Å². The Morgan fingerprint density at radius 1 is 1.14 bits per heavy atom. The average Bonchev–Trinajstić information content (AvgIpc) is 2.69. The average molecular weight is 407 g/mol. The molecule has 0 spiro atoms. The van der Waals surface area contributed by atoms with Gasteiger partial charge in [-0.15, -0.1) is 0 Å².